The van der Waals surface area contributed by atoms with Crippen molar-refractivity contribution in [1.29, 1.82) is 0 Å². The maximum atomic E-state index is 12.0. The van der Waals surface area contributed by atoms with Gasteiger partial charge < -0.3 is 14.7 Å². The van der Waals surface area contributed by atoms with E-state index in [0.717, 1.165) is 5.69 Å². The van der Waals surface area contributed by atoms with Gasteiger partial charge in [-0.15, -0.1) is 0 Å². The summed E-state index contributed by atoms with van der Waals surface area (Å²) < 4.78 is 1.91. The van der Waals surface area contributed by atoms with Crippen molar-refractivity contribution >= 4 is 16.9 Å². The summed E-state index contributed by atoms with van der Waals surface area (Å²) in [6.45, 7) is 0. The number of pyridine rings is 1. The molecule has 0 aliphatic rings. The van der Waals surface area contributed by atoms with Crippen molar-refractivity contribution in [2.24, 2.45) is 0 Å². The fourth-order valence-electron chi connectivity index (χ4n) is 2.04. The van der Waals surface area contributed by atoms with E-state index in [4.69, 9.17) is 5.11 Å². The molecule has 3 rings (SSSR count). The largest absolute Gasteiger partial charge is 0.477 e. The number of fused-ring (bicyclic) bond motifs is 1. The Kier molecular flexibility index (Phi) is 2.45. The first-order valence-corrected chi connectivity index (χ1v) is 5.69. The van der Waals surface area contributed by atoms with Crippen LogP contribution in [0.25, 0.3) is 16.6 Å². The summed E-state index contributed by atoms with van der Waals surface area (Å²) in [4.78, 5) is 25.7. The number of H-pyrrole nitrogens is 1. The van der Waals surface area contributed by atoms with E-state index in [0.29, 0.717) is 10.9 Å². The van der Waals surface area contributed by atoms with Crippen molar-refractivity contribution in [3.8, 4) is 5.69 Å². The Hall–Kier alpha value is -2.82. The predicted octanol–water partition coefficient (Wildman–Crippen LogP) is 2.02. The first-order chi connectivity index (χ1) is 9.16. The molecule has 2 aromatic heterocycles. The molecule has 0 aliphatic heterocycles. The molecule has 0 atom stereocenters. The van der Waals surface area contributed by atoms with Crippen LogP contribution in [0.2, 0.25) is 0 Å². The number of nitrogens with one attached hydrogen (secondary N) is 1. The van der Waals surface area contributed by atoms with Crippen molar-refractivity contribution in [2.45, 2.75) is 0 Å². The zero-order valence-corrected chi connectivity index (χ0v) is 9.83. The van der Waals surface area contributed by atoms with Gasteiger partial charge >= 0.3 is 5.97 Å². The smallest absolute Gasteiger partial charge is 0.341 e. The molecule has 94 valence electrons. The Balaban J connectivity index is 2.24. The summed E-state index contributed by atoms with van der Waals surface area (Å²) in [6, 6.07) is 9.03. The van der Waals surface area contributed by atoms with Gasteiger partial charge in [-0.1, -0.05) is 0 Å². The number of benzene rings is 1. The maximum Gasteiger partial charge on any atom is 0.341 e. The number of rotatable bonds is 2. The Morgan fingerprint density at radius 2 is 1.95 bits per heavy atom. The van der Waals surface area contributed by atoms with Crippen LogP contribution >= 0.6 is 0 Å². The number of aromatic carboxylic acids is 1. The van der Waals surface area contributed by atoms with E-state index in [2.05, 4.69) is 4.98 Å². The number of aromatic amines is 1. The zero-order valence-electron chi connectivity index (χ0n) is 9.83. The summed E-state index contributed by atoms with van der Waals surface area (Å²) in [5, 5.41) is 9.28. The molecule has 0 unspecified atom stereocenters. The third-order valence-electron chi connectivity index (χ3n) is 3.00. The molecule has 0 bridgehead atoms. The highest BCUT2D eigenvalue weighted by Gasteiger charge is 2.11. The molecule has 2 N–H and O–H groups in total. The van der Waals surface area contributed by atoms with Gasteiger partial charge in [-0.3, -0.25) is 4.79 Å². The molecule has 5 heteroatoms. The second-order valence-corrected chi connectivity index (χ2v) is 4.16. The van der Waals surface area contributed by atoms with Crippen molar-refractivity contribution in [2.75, 3.05) is 0 Å². The van der Waals surface area contributed by atoms with Crippen LogP contribution < -0.4 is 5.43 Å². The number of hydrogen-bond donors (Lipinski definition) is 2. The Labute approximate surface area is 107 Å². The van der Waals surface area contributed by atoms with Crippen LogP contribution in [0.3, 0.4) is 0 Å². The van der Waals surface area contributed by atoms with E-state index in [1.54, 1.807) is 12.1 Å². The first kappa shape index (κ1) is 11.3. The van der Waals surface area contributed by atoms with Gasteiger partial charge in [-0.2, -0.15) is 0 Å². The predicted molar refractivity (Wildman–Crippen MR) is 70.9 cm³/mol. The van der Waals surface area contributed by atoms with Gasteiger partial charge in [0.2, 0.25) is 5.43 Å². The molecule has 0 saturated carbocycles. The minimum Gasteiger partial charge on any atom is -0.477 e. The van der Waals surface area contributed by atoms with Gasteiger partial charge in [0.1, 0.15) is 5.56 Å². The Bertz CT molecular complexity index is 816. The monoisotopic (exact) mass is 254 g/mol. The molecule has 0 spiro atoms. The molecule has 0 fully saturated rings. The van der Waals surface area contributed by atoms with Crippen LogP contribution in [-0.4, -0.2) is 20.6 Å². The summed E-state index contributed by atoms with van der Waals surface area (Å²) >= 11 is 0. The molecule has 0 aliphatic carbocycles. The molecule has 2 heterocycles. The molecular formula is C14H10N2O3. The highest BCUT2D eigenvalue weighted by molar-refractivity contribution is 5.92. The van der Waals surface area contributed by atoms with Gasteiger partial charge in [-0.25, -0.2) is 4.79 Å². The fourth-order valence-corrected chi connectivity index (χ4v) is 2.04. The number of carboxylic acids is 1. The molecule has 1 aromatic carbocycles. The average molecular weight is 254 g/mol. The zero-order chi connectivity index (χ0) is 13.4. The van der Waals surface area contributed by atoms with E-state index in [9.17, 15) is 9.59 Å². The molecule has 0 radical (unpaired) electrons. The lowest BCUT2D eigenvalue weighted by atomic mass is 10.1. The van der Waals surface area contributed by atoms with E-state index < -0.39 is 11.4 Å². The summed E-state index contributed by atoms with van der Waals surface area (Å²) in [7, 11) is 0. The molecular weight excluding hydrogens is 244 g/mol. The minimum atomic E-state index is -1.22. The Morgan fingerprint density at radius 3 is 2.63 bits per heavy atom. The number of aromatic nitrogens is 2. The normalized spacial score (nSPS) is 10.7. The van der Waals surface area contributed by atoms with Crippen LogP contribution in [0.4, 0.5) is 0 Å². The molecule has 19 heavy (non-hydrogen) atoms. The van der Waals surface area contributed by atoms with Crippen molar-refractivity contribution in [3.05, 3.63) is 64.7 Å². The number of carbonyl (C=O) groups is 1. The summed E-state index contributed by atoms with van der Waals surface area (Å²) in [6.07, 6.45) is 5.02. The standard InChI is InChI=1S/C14H10N2O3/c17-13-10-4-3-9(16-5-1-2-6-16)7-12(10)15-8-11(13)14(18)19/h1-8H,(H,15,17)(H,18,19). The van der Waals surface area contributed by atoms with Gasteiger partial charge in [-0.05, 0) is 30.3 Å². The molecule has 0 saturated heterocycles. The minimum absolute atomic E-state index is 0.249. The van der Waals surface area contributed by atoms with Crippen LogP contribution in [0.1, 0.15) is 10.4 Å². The van der Waals surface area contributed by atoms with E-state index in [1.165, 1.54) is 6.20 Å². The van der Waals surface area contributed by atoms with Crippen LogP contribution in [0.15, 0.2) is 53.7 Å². The van der Waals surface area contributed by atoms with Crippen LogP contribution in [0, 0.1) is 0 Å². The van der Waals surface area contributed by atoms with Crippen molar-refractivity contribution < 1.29 is 9.90 Å². The highest BCUT2D eigenvalue weighted by atomic mass is 16.4. The molecule has 0 amide bonds. The summed E-state index contributed by atoms with van der Waals surface area (Å²) in [5.41, 5.74) is 0.791. The van der Waals surface area contributed by atoms with E-state index in [1.807, 2.05) is 35.2 Å². The van der Waals surface area contributed by atoms with Gasteiger partial charge in [0.25, 0.3) is 0 Å². The first-order valence-electron chi connectivity index (χ1n) is 5.69. The number of nitrogens with zero attached hydrogens (tertiary/aromatic N) is 1. The number of hydrogen-bond acceptors (Lipinski definition) is 2. The maximum absolute atomic E-state index is 12.0. The van der Waals surface area contributed by atoms with Crippen LogP contribution in [0.5, 0.6) is 0 Å². The second kappa shape index (κ2) is 4.13. The number of carboxylic acid groups (broad SMARTS) is 1. The lowest BCUT2D eigenvalue weighted by Gasteiger charge is -2.05. The van der Waals surface area contributed by atoms with E-state index >= 15 is 0 Å². The molecule has 3 aromatic rings. The van der Waals surface area contributed by atoms with Gasteiger partial charge in [0, 0.05) is 29.7 Å². The van der Waals surface area contributed by atoms with Crippen molar-refractivity contribution in [3.63, 3.8) is 0 Å². The van der Waals surface area contributed by atoms with E-state index in [-0.39, 0.29) is 5.56 Å². The summed E-state index contributed by atoms with van der Waals surface area (Å²) in [5.74, 6) is -1.22. The topological polar surface area (TPSA) is 75.1 Å². The Morgan fingerprint density at radius 1 is 1.21 bits per heavy atom. The van der Waals surface area contributed by atoms with Gasteiger partial charge in [0.15, 0.2) is 0 Å². The quantitative estimate of drug-likeness (QED) is 0.734. The van der Waals surface area contributed by atoms with Crippen molar-refractivity contribution in [1.82, 2.24) is 9.55 Å². The van der Waals surface area contributed by atoms with Gasteiger partial charge in [0.05, 0.1) is 5.52 Å². The lowest BCUT2D eigenvalue weighted by molar-refractivity contribution is 0.0695. The average Bonchev–Trinajstić information content (AvgIpc) is 2.92. The second-order valence-electron chi connectivity index (χ2n) is 4.16. The third-order valence-corrected chi connectivity index (χ3v) is 3.00. The fraction of sp³-hybridized carbons (Fsp3) is 0. The molecule has 5 nitrogen and oxygen atoms in total. The van der Waals surface area contributed by atoms with Crippen LogP contribution in [-0.2, 0) is 0 Å². The highest BCUT2D eigenvalue weighted by Crippen LogP contribution is 2.15. The SMILES string of the molecule is O=C(O)c1c[nH]c2cc(-n3cccc3)ccc2c1=O. The lowest BCUT2D eigenvalue weighted by Crippen LogP contribution is -2.15. The third kappa shape index (κ3) is 1.81.